The van der Waals surface area contributed by atoms with Crippen molar-refractivity contribution in [1.82, 2.24) is 4.31 Å². The van der Waals surface area contributed by atoms with Gasteiger partial charge in [0, 0.05) is 12.1 Å². The van der Waals surface area contributed by atoms with Gasteiger partial charge in [0.2, 0.25) is 10.0 Å². The van der Waals surface area contributed by atoms with Gasteiger partial charge in [-0.2, -0.15) is 4.31 Å². The van der Waals surface area contributed by atoms with Crippen LogP contribution in [0.1, 0.15) is 13.8 Å². The Morgan fingerprint density at radius 2 is 1.95 bits per heavy atom. The molecule has 0 aromatic heterocycles. The maximum atomic E-state index is 12.6. The van der Waals surface area contributed by atoms with Crippen molar-refractivity contribution < 1.29 is 22.7 Å². The Morgan fingerprint density at radius 1 is 1.33 bits per heavy atom. The van der Waals surface area contributed by atoms with Gasteiger partial charge in [-0.3, -0.25) is 4.79 Å². The summed E-state index contributed by atoms with van der Waals surface area (Å²) in [7, 11) is -1.25. The third kappa shape index (κ3) is 3.85. The maximum Gasteiger partial charge on any atom is 0.321 e. The largest absolute Gasteiger partial charge is 0.495 e. The normalized spacial score (nSPS) is 11.7. The molecule has 1 rings (SSSR count). The van der Waals surface area contributed by atoms with E-state index in [4.69, 9.17) is 10.5 Å². The second-order valence-corrected chi connectivity index (χ2v) is 6.51. The molecule has 0 aliphatic rings. The van der Waals surface area contributed by atoms with Crippen LogP contribution in [0.4, 0.5) is 5.69 Å². The van der Waals surface area contributed by atoms with Gasteiger partial charge in [0.1, 0.15) is 12.3 Å². The van der Waals surface area contributed by atoms with E-state index in [0.29, 0.717) is 5.69 Å². The summed E-state index contributed by atoms with van der Waals surface area (Å²) in [6.07, 6.45) is 0. The molecule has 1 aromatic carbocycles. The average molecular weight is 316 g/mol. The van der Waals surface area contributed by atoms with Crippen molar-refractivity contribution in [3.05, 3.63) is 18.2 Å². The van der Waals surface area contributed by atoms with Gasteiger partial charge in [-0.1, -0.05) is 0 Å². The minimum Gasteiger partial charge on any atom is -0.495 e. The summed E-state index contributed by atoms with van der Waals surface area (Å²) in [6.45, 7) is 2.99. The molecule has 0 radical (unpaired) electrons. The SMILES string of the molecule is COC(=O)CN(C(C)C)S(=O)(=O)c1ccc(N)c(OC)c1. The highest BCUT2D eigenvalue weighted by Crippen LogP contribution is 2.27. The van der Waals surface area contributed by atoms with Crippen LogP contribution in [-0.4, -0.2) is 45.5 Å². The molecule has 0 fully saturated rings. The van der Waals surface area contributed by atoms with Crippen molar-refractivity contribution in [3.63, 3.8) is 0 Å². The van der Waals surface area contributed by atoms with Crippen LogP contribution < -0.4 is 10.5 Å². The van der Waals surface area contributed by atoms with Crippen LogP contribution in [0.3, 0.4) is 0 Å². The average Bonchev–Trinajstić information content (AvgIpc) is 2.44. The van der Waals surface area contributed by atoms with Gasteiger partial charge in [0.05, 0.1) is 24.8 Å². The summed E-state index contributed by atoms with van der Waals surface area (Å²) in [4.78, 5) is 11.4. The second kappa shape index (κ2) is 6.77. The molecular formula is C13H20N2O5S. The number of nitrogen functional groups attached to an aromatic ring is 1. The van der Waals surface area contributed by atoms with E-state index in [1.807, 2.05) is 0 Å². The highest BCUT2D eigenvalue weighted by Gasteiger charge is 2.30. The maximum absolute atomic E-state index is 12.6. The molecule has 0 unspecified atom stereocenters. The first-order valence-corrected chi connectivity index (χ1v) is 7.70. The van der Waals surface area contributed by atoms with E-state index in [2.05, 4.69) is 4.74 Å². The minimum absolute atomic E-state index is 0.00570. The van der Waals surface area contributed by atoms with Crippen molar-refractivity contribution in [3.8, 4) is 5.75 Å². The van der Waals surface area contributed by atoms with E-state index in [-0.39, 0.29) is 17.2 Å². The van der Waals surface area contributed by atoms with Crippen LogP contribution in [0.25, 0.3) is 0 Å². The molecule has 0 aliphatic heterocycles. The lowest BCUT2D eigenvalue weighted by Gasteiger charge is -2.25. The fourth-order valence-electron chi connectivity index (χ4n) is 1.72. The van der Waals surface area contributed by atoms with Crippen molar-refractivity contribution in [2.75, 3.05) is 26.5 Å². The van der Waals surface area contributed by atoms with Crippen LogP contribution >= 0.6 is 0 Å². The summed E-state index contributed by atoms with van der Waals surface area (Å²) in [5, 5.41) is 0. The Kier molecular flexibility index (Phi) is 5.56. The third-order valence-corrected chi connectivity index (χ3v) is 4.92. The Bertz CT molecular complexity index is 613. The number of nitrogens with two attached hydrogens (primary N) is 1. The number of anilines is 1. The quantitative estimate of drug-likeness (QED) is 0.617. The van der Waals surface area contributed by atoms with Gasteiger partial charge in [-0.15, -0.1) is 0 Å². The van der Waals surface area contributed by atoms with Gasteiger partial charge in [-0.25, -0.2) is 8.42 Å². The highest BCUT2D eigenvalue weighted by atomic mass is 32.2. The molecule has 2 N–H and O–H groups in total. The summed E-state index contributed by atoms with van der Waals surface area (Å²) in [5.74, 6) is -0.368. The molecule has 7 nitrogen and oxygen atoms in total. The number of rotatable bonds is 6. The van der Waals surface area contributed by atoms with E-state index < -0.39 is 22.0 Å². The topological polar surface area (TPSA) is 98.9 Å². The smallest absolute Gasteiger partial charge is 0.321 e. The first kappa shape index (κ1) is 17.3. The molecule has 0 aliphatic carbocycles. The van der Waals surface area contributed by atoms with E-state index in [1.54, 1.807) is 13.8 Å². The van der Waals surface area contributed by atoms with Gasteiger partial charge in [-0.05, 0) is 26.0 Å². The monoisotopic (exact) mass is 316 g/mol. The Labute approximate surface area is 124 Å². The van der Waals surface area contributed by atoms with Crippen molar-refractivity contribution >= 4 is 21.7 Å². The number of hydrogen-bond acceptors (Lipinski definition) is 6. The number of ether oxygens (including phenoxy) is 2. The molecule has 0 amide bonds. The molecule has 0 bridgehead atoms. The first-order valence-electron chi connectivity index (χ1n) is 6.26. The van der Waals surface area contributed by atoms with Gasteiger partial charge >= 0.3 is 5.97 Å². The standard InChI is InChI=1S/C13H20N2O5S/c1-9(2)15(8-13(16)20-4)21(17,18)10-5-6-11(14)12(7-10)19-3/h5-7,9H,8,14H2,1-4H3. The number of benzene rings is 1. The molecule has 0 heterocycles. The zero-order valence-corrected chi connectivity index (χ0v) is 13.3. The van der Waals surface area contributed by atoms with Crippen LogP contribution in [0.5, 0.6) is 5.75 Å². The zero-order valence-electron chi connectivity index (χ0n) is 12.5. The summed E-state index contributed by atoms with van der Waals surface area (Å²) >= 11 is 0. The van der Waals surface area contributed by atoms with Crippen molar-refractivity contribution in [2.45, 2.75) is 24.8 Å². The van der Waals surface area contributed by atoms with Crippen LogP contribution in [0.2, 0.25) is 0 Å². The molecule has 8 heteroatoms. The predicted octanol–water partition coefficient (Wildman–Crippen LogP) is 0.849. The molecule has 0 saturated carbocycles. The fourth-order valence-corrected chi connectivity index (χ4v) is 3.32. The van der Waals surface area contributed by atoms with E-state index in [1.165, 1.54) is 32.4 Å². The molecule has 0 atom stereocenters. The van der Waals surface area contributed by atoms with Gasteiger partial charge in [0.15, 0.2) is 0 Å². The molecular weight excluding hydrogens is 296 g/mol. The van der Waals surface area contributed by atoms with Crippen LogP contribution in [-0.2, 0) is 19.6 Å². The summed E-state index contributed by atoms with van der Waals surface area (Å²) in [6, 6.07) is 3.75. The Morgan fingerprint density at radius 3 is 2.43 bits per heavy atom. The highest BCUT2D eigenvalue weighted by molar-refractivity contribution is 7.89. The number of sulfonamides is 1. The van der Waals surface area contributed by atoms with Crippen molar-refractivity contribution in [2.24, 2.45) is 0 Å². The molecule has 0 saturated heterocycles. The summed E-state index contributed by atoms with van der Waals surface area (Å²) < 4.78 is 35.9. The predicted molar refractivity (Wildman–Crippen MR) is 78.5 cm³/mol. The lowest BCUT2D eigenvalue weighted by atomic mass is 10.3. The van der Waals surface area contributed by atoms with E-state index in [9.17, 15) is 13.2 Å². The molecule has 1 aromatic rings. The number of methoxy groups -OCH3 is 2. The third-order valence-electron chi connectivity index (χ3n) is 2.90. The van der Waals surface area contributed by atoms with Gasteiger partial charge < -0.3 is 15.2 Å². The number of carbonyl (C=O) groups is 1. The Hall–Kier alpha value is -1.80. The van der Waals surface area contributed by atoms with Gasteiger partial charge in [0.25, 0.3) is 0 Å². The zero-order chi connectivity index (χ0) is 16.2. The first-order chi connectivity index (χ1) is 9.73. The number of carbonyl (C=O) groups excluding carboxylic acids is 1. The number of nitrogens with zero attached hydrogens (tertiary/aromatic N) is 1. The fraction of sp³-hybridized carbons (Fsp3) is 0.462. The van der Waals surface area contributed by atoms with Crippen LogP contribution in [0, 0.1) is 0 Å². The molecule has 0 spiro atoms. The Balaban J connectivity index is 3.26. The lowest BCUT2D eigenvalue weighted by Crippen LogP contribution is -2.41. The number of esters is 1. The molecule has 21 heavy (non-hydrogen) atoms. The van der Waals surface area contributed by atoms with E-state index in [0.717, 1.165) is 4.31 Å². The second-order valence-electron chi connectivity index (χ2n) is 4.62. The van der Waals surface area contributed by atoms with Crippen molar-refractivity contribution in [1.29, 1.82) is 0 Å². The number of hydrogen-bond donors (Lipinski definition) is 1. The summed E-state index contributed by atoms with van der Waals surface area (Å²) in [5.41, 5.74) is 6.01. The minimum atomic E-state index is -3.86. The van der Waals surface area contributed by atoms with E-state index >= 15 is 0 Å². The molecule has 118 valence electrons. The lowest BCUT2D eigenvalue weighted by molar-refractivity contribution is -0.141. The van der Waals surface area contributed by atoms with Crippen LogP contribution in [0.15, 0.2) is 23.1 Å².